The number of hydrogen-bond acceptors (Lipinski definition) is 7. The molecular formula is C20H25N5O4. The van der Waals surface area contributed by atoms with Gasteiger partial charge < -0.3 is 19.5 Å². The van der Waals surface area contributed by atoms with Crippen LogP contribution in [-0.4, -0.2) is 53.4 Å². The number of ether oxygens (including phenoxy) is 3. The zero-order valence-corrected chi connectivity index (χ0v) is 16.8. The van der Waals surface area contributed by atoms with Crippen molar-refractivity contribution < 1.29 is 19.0 Å². The van der Waals surface area contributed by atoms with E-state index in [4.69, 9.17) is 14.2 Å². The Labute approximate surface area is 169 Å². The predicted molar refractivity (Wildman–Crippen MR) is 107 cm³/mol. The molecule has 0 radical (unpaired) electrons. The van der Waals surface area contributed by atoms with Gasteiger partial charge in [-0.15, -0.1) is 0 Å². The van der Waals surface area contributed by atoms with Crippen molar-refractivity contribution in [2.45, 2.75) is 25.7 Å². The van der Waals surface area contributed by atoms with E-state index in [0.717, 1.165) is 24.0 Å². The Bertz CT molecular complexity index is 947. The van der Waals surface area contributed by atoms with Gasteiger partial charge in [0.2, 0.25) is 5.91 Å². The highest BCUT2D eigenvalue weighted by Gasteiger charge is 2.14. The van der Waals surface area contributed by atoms with E-state index in [0.29, 0.717) is 42.4 Å². The van der Waals surface area contributed by atoms with Crippen LogP contribution in [0.25, 0.3) is 5.78 Å². The maximum absolute atomic E-state index is 12.2. The van der Waals surface area contributed by atoms with Crippen LogP contribution < -0.4 is 19.5 Å². The lowest BCUT2D eigenvalue weighted by molar-refractivity contribution is -0.121. The largest absolute Gasteiger partial charge is 0.496 e. The van der Waals surface area contributed by atoms with Crippen molar-refractivity contribution >= 4 is 11.7 Å². The fourth-order valence-electron chi connectivity index (χ4n) is 3.06. The lowest BCUT2D eigenvalue weighted by atomic mass is 10.1. The lowest BCUT2D eigenvalue weighted by Gasteiger charge is -2.15. The molecule has 0 saturated carbocycles. The van der Waals surface area contributed by atoms with Crippen molar-refractivity contribution in [2.75, 3.05) is 27.9 Å². The molecule has 0 unspecified atom stereocenters. The second-order valence-corrected chi connectivity index (χ2v) is 6.43. The number of nitrogens with zero attached hydrogens (tertiary/aromatic N) is 4. The lowest BCUT2D eigenvalue weighted by Crippen LogP contribution is -2.25. The molecule has 29 heavy (non-hydrogen) atoms. The highest BCUT2D eigenvalue weighted by Crippen LogP contribution is 2.34. The summed E-state index contributed by atoms with van der Waals surface area (Å²) in [7, 11) is 4.76. The van der Waals surface area contributed by atoms with Gasteiger partial charge in [0.25, 0.3) is 5.78 Å². The number of nitrogens with one attached hydrogen (secondary N) is 1. The maximum atomic E-state index is 12.2. The Kier molecular flexibility index (Phi) is 6.83. The monoisotopic (exact) mass is 399 g/mol. The van der Waals surface area contributed by atoms with Gasteiger partial charge in [-0.3, -0.25) is 4.79 Å². The SMILES string of the molecule is COc1cc(OC)c(CCC(=O)NCCCc2cnc3ncnn3c2)c(OC)c1. The predicted octanol–water partition coefficient (Wildman–Crippen LogP) is 1.83. The van der Waals surface area contributed by atoms with Crippen molar-refractivity contribution in [3.63, 3.8) is 0 Å². The second kappa shape index (κ2) is 9.72. The first-order valence-electron chi connectivity index (χ1n) is 9.34. The first-order chi connectivity index (χ1) is 14.1. The molecule has 0 aliphatic carbocycles. The van der Waals surface area contributed by atoms with Crippen LogP contribution in [0.4, 0.5) is 0 Å². The third-order valence-corrected chi connectivity index (χ3v) is 4.57. The molecule has 1 aromatic carbocycles. The van der Waals surface area contributed by atoms with Crippen LogP contribution in [0.5, 0.6) is 17.2 Å². The number of benzene rings is 1. The molecule has 2 heterocycles. The molecule has 0 saturated heterocycles. The molecule has 0 atom stereocenters. The van der Waals surface area contributed by atoms with E-state index in [1.807, 2.05) is 6.20 Å². The van der Waals surface area contributed by atoms with E-state index >= 15 is 0 Å². The van der Waals surface area contributed by atoms with Gasteiger partial charge in [-0.25, -0.2) is 9.50 Å². The molecule has 1 amide bonds. The molecule has 3 aromatic rings. The van der Waals surface area contributed by atoms with Crippen LogP contribution in [0.15, 0.2) is 30.9 Å². The molecule has 0 bridgehead atoms. The molecular weight excluding hydrogens is 374 g/mol. The number of carbonyl (C=O) groups excluding carboxylic acids is 1. The molecule has 0 aliphatic rings. The van der Waals surface area contributed by atoms with Gasteiger partial charge in [-0.1, -0.05) is 0 Å². The fourth-order valence-corrected chi connectivity index (χ4v) is 3.06. The van der Waals surface area contributed by atoms with Gasteiger partial charge in [-0.2, -0.15) is 10.1 Å². The highest BCUT2D eigenvalue weighted by molar-refractivity contribution is 5.76. The average Bonchev–Trinajstić information content (AvgIpc) is 3.22. The molecule has 2 aromatic heterocycles. The number of hydrogen-bond donors (Lipinski definition) is 1. The van der Waals surface area contributed by atoms with Crippen LogP contribution in [0.1, 0.15) is 24.0 Å². The Morgan fingerprint density at radius 2 is 1.83 bits per heavy atom. The van der Waals surface area contributed by atoms with Crippen molar-refractivity contribution in [1.82, 2.24) is 24.9 Å². The van der Waals surface area contributed by atoms with Gasteiger partial charge in [0.05, 0.1) is 21.3 Å². The summed E-state index contributed by atoms with van der Waals surface area (Å²) in [6, 6.07) is 3.57. The Morgan fingerprint density at radius 1 is 1.07 bits per heavy atom. The summed E-state index contributed by atoms with van der Waals surface area (Å²) >= 11 is 0. The first kappa shape index (κ1) is 20.4. The number of aryl methyl sites for hydroxylation is 1. The normalized spacial score (nSPS) is 10.7. The highest BCUT2D eigenvalue weighted by atomic mass is 16.5. The van der Waals surface area contributed by atoms with Gasteiger partial charge in [0.15, 0.2) is 0 Å². The van der Waals surface area contributed by atoms with E-state index < -0.39 is 0 Å². The van der Waals surface area contributed by atoms with Crippen LogP contribution >= 0.6 is 0 Å². The summed E-state index contributed by atoms with van der Waals surface area (Å²) in [5.74, 6) is 2.49. The Balaban J connectivity index is 1.47. The third kappa shape index (κ3) is 5.13. The van der Waals surface area contributed by atoms with E-state index in [2.05, 4.69) is 20.4 Å². The molecule has 9 nitrogen and oxygen atoms in total. The number of rotatable bonds is 10. The molecule has 154 valence electrons. The second-order valence-electron chi connectivity index (χ2n) is 6.43. The van der Waals surface area contributed by atoms with Crippen LogP contribution in [0, 0.1) is 0 Å². The smallest absolute Gasteiger partial charge is 0.252 e. The minimum atomic E-state index is -0.0187. The van der Waals surface area contributed by atoms with Crippen LogP contribution in [0.3, 0.4) is 0 Å². The summed E-state index contributed by atoms with van der Waals surface area (Å²) in [6.45, 7) is 0.588. The first-order valence-corrected chi connectivity index (χ1v) is 9.34. The molecule has 0 aliphatic heterocycles. The number of methoxy groups -OCH3 is 3. The van der Waals surface area contributed by atoms with E-state index in [1.165, 1.54) is 6.33 Å². The van der Waals surface area contributed by atoms with Crippen molar-refractivity contribution in [3.05, 3.63) is 42.0 Å². The van der Waals surface area contributed by atoms with Gasteiger partial charge in [-0.05, 0) is 24.8 Å². The topological polar surface area (TPSA) is 99.9 Å². The van der Waals surface area contributed by atoms with Crippen LogP contribution in [0.2, 0.25) is 0 Å². The van der Waals surface area contributed by atoms with Gasteiger partial charge >= 0.3 is 0 Å². The van der Waals surface area contributed by atoms with E-state index in [1.54, 1.807) is 44.2 Å². The Morgan fingerprint density at radius 3 is 2.52 bits per heavy atom. The van der Waals surface area contributed by atoms with E-state index in [-0.39, 0.29) is 5.91 Å². The molecule has 3 rings (SSSR count). The van der Waals surface area contributed by atoms with Gasteiger partial charge in [0.1, 0.15) is 23.6 Å². The summed E-state index contributed by atoms with van der Waals surface area (Å²) in [5, 5.41) is 7.03. The van der Waals surface area contributed by atoms with E-state index in [9.17, 15) is 4.79 Å². The number of fused-ring (bicyclic) bond motifs is 1. The van der Waals surface area contributed by atoms with Crippen molar-refractivity contribution in [1.29, 1.82) is 0 Å². The zero-order valence-electron chi connectivity index (χ0n) is 16.8. The minimum Gasteiger partial charge on any atom is -0.496 e. The molecule has 9 heteroatoms. The Hall–Kier alpha value is -3.36. The summed E-state index contributed by atoms with van der Waals surface area (Å²) in [6.07, 6.45) is 7.61. The van der Waals surface area contributed by atoms with Crippen molar-refractivity contribution in [3.8, 4) is 17.2 Å². The molecule has 1 N–H and O–H groups in total. The molecule has 0 spiro atoms. The maximum Gasteiger partial charge on any atom is 0.252 e. The number of carbonyl (C=O) groups is 1. The summed E-state index contributed by atoms with van der Waals surface area (Å²) in [5.41, 5.74) is 1.89. The van der Waals surface area contributed by atoms with Gasteiger partial charge in [0, 0.05) is 43.1 Å². The standard InChI is InChI=1S/C20H25N5O4/c1-27-15-9-17(28-2)16(18(10-15)29-3)6-7-19(26)21-8-4-5-14-11-22-20-23-13-24-25(20)12-14/h9-13H,4-8H2,1-3H3,(H,21,26). The zero-order chi connectivity index (χ0) is 20.6. The third-order valence-electron chi connectivity index (χ3n) is 4.57. The van der Waals surface area contributed by atoms with Crippen molar-refractivity contribution in [2.24, 2.45) is 0 Å². The average molecular weight is 399 g/mol. The molecule has 0 fully saturated rings. The van der Waals surface area contributed by atoms with Crippen LogP contribution in [-0.2, 0) is 17.6 Å². The number of aromatic nitrogens is 4. The fraction of sp³-hybridized carbons (Fsp3) is 0.400. The summed E-state index contributed by atoms with van der Waals surface area (Å²) < 4.78 is 17.7. The number of amides is 1. The minimum absolute atomic E-state index is 0.0187. The quantitative estimate of drug-likeness (QED) is 0.519. The summed E-state index contributed by atoms with van der Waals surface area (Å²) in [4.78, 5) is 20.5.